The lowest BCUT2D eigenvalue weighted by molar-refractivity contribution is 0.318. The summed E-state index contributed by atoms with van der Waals surface area (Å²) in [5.74, 6) is 1.98. The first kappa shape index (κ1) is 21.8. The van der Waals surface area contributed by atoms with Crippen molar-refractivity contribution in [1.82, 2.24) is 4.90 Å². The Hall–Kier alpha value is -3.76. The second-order valence-corrected chi connectivity index (χ2v) is 10.3. The Morgan fingerprint density at radius 3 is 2.57 bits per heavy atom. The Bertz CT molecular complexity index is 1520. The van der Waals surface area contributed by atoms with Crippen LogP contribution in [0.3, 0.4) is 0 Å². The molecule has 1 aliphatic carbocycles. The smallest absolute Gasteiger partial charge is 0.159 e. The van der Waals surface area contributed by atoms with Gasteiger partial charge in [-0.05, 0) is 48.1 Å². The number of likely N-dealkylation sites (N-methyl/N-ethyl adjacent to an activating group) is 1. The molecule has 2 aliphatic rings. The molecule has 4 heteroatoms. The van der Waals surface area contributed by atoms with Crippen LogP contribution < -0.4 is 0 Å². The standard InChI is InChI=1S/C31H27N3S/c1-20(2)22-13-9-14-23(19-22)29-32-30(21-11-5-4-6-12-21)34(3)31(33-29)25-16-10-18-27-28(25)24-15-7-8-17-26(24)35-27/h4-15,17-19,25,31H,1,16H2,2-3H3. The van der Waals surface area contributed by atoms with Crippen LogP contribution in [0, 0.1) is 0 Å². The monoisotopic (exact) mass is 473 g/mol. The highest BCUT2D eigenvalue weighted by atomic mass is 32.1. The van der Waals surface area contributed by atoms with Gasteiger partial charge in [-0.15, -0.1) is 11.3 Å². The van der Waals surface area contributed by atoms with Gasteiger partial charge < -0.3 is 4.90 Å². The normalized spacial score (nSPS) is 19.3. The quantitative estimate of drug-likeness (QED) is 0.300. The third kappa shape index (κ3) is 3.84. The molecule has 0 saturated heterocycles. The van der Waals surface area contributed by atoms with Gasteiger partial charge in [0.1, 0.15) is 12.0 Å². The predicted octanol–water partition coefficient (Wildman–Crippen LogP) is 7.60. The molecule has 2 heterocycles. The fraction of sp³-hybridized carbons (Fsp3) is 0.161. The van der Waals surface area contributed by atoms with E-state index in [0.717, 1.165) is 40.4 Å². The molecule has 0 fully saturated rings. The maximum absolute atomic E-state index is 5.31. The average Bonchev–Trinajstić information content (AvgIpc) is 3.28. The largest absolute Gasteiger partial charge is 0.336 e. The highest BCUT2D eigenvalue weighted by Crippen LogP contribution is 2.44. The first-order valence-electron chi connectivity index (χ1n) is 12.0. The molecule has 3 aromatic carbocycles. The first-order valence-corrected chi connectivity index (χ1v) is 12.8. The minimum absolute atomic E-state index is 0.0621. The van der Waals surface area contributed by atoms with E-state index in [0.29, 0.717) is 0 Å². The number of amidine groups is 2. The van der Waals surface area contributed by atoms with Crippen LogP contribution in [0.5, 0.6) is 0 Å². The molecule has 0 saturated carbocycles. The van der Waals surface area contributed by atoms with E-state index in [-0.39, 0.29) is 12.1 Å². The van der Waals surface area contributed by atoms with E-state index >= 15 is 0 Å². The molecule has 4 aromatic rings. The number of nitrogens with zero attached hydrogens (tertiary/aromatic N) is 3. The molecule has 6 rings (SSSR count). The highest BCUT2D eigenvalue weighted by molar-refractivity contribution is 7.20. The molecule has 0 radical (unpaired) electrons. The van der Waals surface area contributed by atoms with Gasteiger partial charge >= 0.3 is 0 Å². The van der Waals surface area contributed by atoms with Crippen LogP contribution >= 0.6 is 11.3 Å². The number of hydrogen-bond donors (Lipinski definition) is 0. The topological polar surface area (TPSA) is 28.0 Å². The van der Waals surface area contributed by atoms with Crippen LogP contribution in [-0.2, 0) is 0 Å². The van der Waals surface area contributed by atoms with Gasteiger partial charge in [0.15, 0.2) is 5.84 Å². The maximum Gasteiger partial charge on any atom is 0.159 e. The van der Waals surface area contributed by atoms with E-state index in [1.54, 1.807) is 0 Å². The van der Waals surface area contributed by atoms with Crippen molar-refractivity contribution in [2.24, 2.45) is 9.98 Å². The lowest BCUT2D eigenvalue weighted by Gasteiger charge is -2.37. The summed E-state index contributed by atoms with van der Waals surface area (Å²) in [5, 5.41) is 1.35. The number of thiophene rings is 1. The van der Waals surface area contributed by atoms with Crippen molar-refractivity contribution in [3.05, 3.63) is 119 Å². The molecular formula is C31H27N3S. The third-order valence-electron chi connectivity index (χ3n) is 6.90. The Kier molecular flexibility index (Phi) is 5.46. The van der Waals surface area contributed by atoms with Crippen LogP contribution in [0.2, 0.25) is 0 Å². The molecule has 172 valence electrons. The summed E-state index contributed by atoms with van der Waals surface area (Å²) in [6.07, 6.45) is 5.48. The Balaban J connectivity index is 1.52. The van der Waals surface area contributed by atoms with E-state index < -0.39 is 0 Å². The SMILES string of the molecule is C=C(C)c1cccc(C2=NC(C3CC=Cc4sc5ccccc5c43)N(C)C(c3ccccc3)=N2)c1. The summed E-state index contributed by atoms with van der Waals surface area (Å²) in [4.78, 5) is 14.0. The first-order chi connectivity index (χ1) is 17.1. The number of rotatable bonds is 4. The van der Waals surface area contributed by atoms with Crippen LogP contribution in [0.15, 0.2) is 102 Å². The molecule has 3 nitrogen and oxygen atoms in total. The average molecular weight is 474 g/mol. The van der Waals surface area contributed by atoms with Gasteiger partial charge in [0.2, 0.25) is 0 Å². The zero-order chi connectivity index (χ0) is 23.9. The molecule has 1 aliphatic heterocycles. The molecular weight excluding hydrogens is 446 g/mol. The highest BCUT2D eigenvalue weighted by Gasteiger charge is 2.35. The number of allylic oxidation sites excluding steroid dienone is 2. The Morgan fingerprint density at radius 1 is 0.971 bits per heavy atom. The van der Waals surface area contributed by atoms with Gasteiger partial charge in [0.05, 0.1) is 0 Å². The van der Waals surface area contributed by atoms with Gasteiger partial charge in [-0.3, -0.25) is 0 Å². The van der Waals surface area contributed by atoms with Crippen molar-refractivity contribution >= 4 is 44.7 Å². The van der Waals surface area contributed by atoms with E-state index in [1.807, 2.05) is 24.3 Å². The number of fused-ring (bicyclic) bond motifs is 3. The molecule has 1 aromatic heterocycles. The lowest BCUT2D eigenvalue weighted by Crippen LogP contribution is -2.44. The summed E-state index contributed by atoms with van der Waals surface area (Å²) in [7, 11) is 2.13. The lowest BCUT2D eigenvalue weighted by atomic mass is 9.86. The number of aliphatic imine (C=N–C) groups is 2. The Labute approximate surface area is 210 Å². The van der Waals surface area contributed by atoms with Crippen molar-refractivity contribution in [1.29, 1.82) is 0 Å². The van der Waals surface area contributed by atoms with Gasteiger partial charge in [-0.1, -0.05) is 85.0 Å². The minimum atomic E-state index is -0.0621. The number of hydrogen-bond acceptors (Lipinski definition) is 4. The molecule has 35 heavy (non-hydrogen) atoms. The summed E-state index contributed by atoms with van der Waals surface area (Å²) < 4.78 is 1.34. The van der Waals surface area contributed by atoms with Crippen LogP contribution in [0.25, 0.3) is 21.7 Å². The van der Waals surface area contributed by atoms with Crippen molar-refractivity contribution in [2.45, 2.75) is 25.4 Å². The van der Waals surface area contributed by atoms with E-state index in [4.69, 9.17) is 9.98 Å². The van der Waals surface area contributed by atoms with Crippen molar-refractivity contribution in [3.8, 4) is 0 Å². The van der Waals surface area contributed by atoms with Gasteiger partial charge in [-0.2, -0.15) is 0 Å². The second-order valence-electron chi connectivity index (χ2n) is 9.26. The van der Waals surface area contributed by atoms with Crippen molar-refractivity contribution in [2.75, 3.05) is 7.05 Å². The van der Waals surface area contributed by atoms with Crippen LogP contribution in [0.4, 0.5) is 0 Å². The van der Waals surface area contributed by atoms with E-state index in [2.05, 4.69) is 103 Å². The minimum Gasteiger partial charge on any atom is -0.336 e. The van der Waals surface area contributed by atoms with E-state index in [1.165, 1.54) is 20.5 Å². The predicted molar refractivity (Wildman–Crippen MR) is 150 cm³/mol. The third-order valence-corrected chi connectivity index (χ3v) is 8.05. The summed E-state index contributed by atoms with van der Waals surface area (Å²) >= 11 is 1.87. The fourth-order valence-corrected chi connectivity index (χ4v) is 6.33. The molecule has 0 bridgehead atoms. The zero-order valence-corrected chi connectivity index (χ0v) is 20.8. The van der Waals surface area contributed by atoms with Gasteiger partial charge in [0.25, 0.3) is 0 Å². The molecule has 0 amide bonds. The molecule has 0 spiro atoms. The van der Waals surface area contributed by atoms with Gasteiger partial charge in [-0.25, -0.2) is 9.98 Å². The summed E-state index contributed by atoms with van der Waals surface area (Å²) in [6.45, 7) is 6.17. The van der Waals surface area contributed by atoms with Gasteiger partial charge in [0, 0.05) is 33.7 Å². The maximum atomic E-state index is 5.31. The fourth-order valence-electron chi connectivity index (χ4n) is 5.12. The molecule has 2 atom stereocenters. The summed E-state index contributed by atoms with van der Waals surface area (Å²) in [6, 6.07) is 27.6. The number of benzene rings is 3. The van der Waals surface area contributed by atoms with Crippen LogP contribution in [-0.4, -0.2) is 29.8 Å². The molecule has 2 unspecified atom stereocenters. The van der Waals surface area contributed by atoms with E-state index in [9.17, 15) is 0 Å². The van der Waals surface area contributed by atoms with Crippen LogP contribution in [0.1, 0.15) is 46.4 Å². The zero-order valence-electron chi connectivity index (χ0n) is 20.0. The van der Waals surface area contributed by atoms with Crippen molar-refractivity contribution in [3.63, 3.8) is 0 Å². The van der Waals surface area contributed by atoms with Crippen molar-refractivity contribution < 1.29 is 0 Å². The Morgan fingerprint density at radius 2 is 1.74 bits per heavy atom. The second kappa shape index (κ2) is 8.79. The molecule has 0 N–H and O–H groups in total. The summed E-state index contributed by atoms with van der Waals surface area (Å²) in [5.41, 5.74) is 5.70.